The number of hydrogen-bond donors (Lipinski definition) is 1. The molecule has 1 atom stereocenters. The first kappa shape index (κ1) is 20.0. The number of nitrogens with one attached hydrogen (secondary N) is 1. The van der Waals surface area contributed by atoms with Crippen molar-refractivity contribution in [1.29, 1.82) is 0 Å². The van der Waals surface area contributed by atoms with Crippen LogP contribution in [0.4, 0.5) is 0 Å². The Bertz CT molecular complexity index is 751. The normalized spacial score (nSPS) is 15.8. The topological polar surface area (TPSA) is 52.4 Å². The van der Waals surface area contributed by atoms with Crippen LogP contribution in [0.1, 0.15) is 12.5 Å². The molecule has 1 N–H and O–H groups in total. The molecule has 0 saturated carbocycles. The van der Waals surface area contributed by atoms with Gasteiger partial charge in [0.15, 0.2) is 6.10 Å². The predicted octanol–water partition coefficient (Wildman–Crippen LogP) is 1.40. The maximum atomic E-state index is 12.8. The number of nitrogens with zero attached hydrogens (tertiary/aromatic N) is 1. The molecule has 1 aliphatic heterocycles. The van der Waals surface area contributed by atoms with Gasteiger partial charge < -0.3 is 24.0 Å². The van der Waals surface area contributed by atoms with Crippen LogP contribution >= 0.6 is 0 Å². The number of hydrogen-bond acceptors (Lipinski definition) is 4. The van der Waals surface area contributed by atoms with Crippen LogP contribution < -0.4 is 19.1 Å². The van der Waals surface area contributed by atoms with E-state index in [9.17, 15) is 4.79 Å². The third-order valence-corrected chi connectivity index (χ3v) is 5.06. The van der Waals surface area contributed by atoms with Gasteiger partial charge in [0.25, 0.3) is 5.91 Å². The standard InChI is InChI=1S/C22H28N2O4/c1-17(28-21-14-19(26-2)13-20(15-21)27-3)22(25)24-11-9-23(10-12-24)16-18-7-5-4-6-8-18/h4-8,13-15,17H,9-12,16H2,1-3H3/p+1/t17-/m1/s1. The van der Waals surface area contributed by atoms with Crippen molar-refractivity contribution >= 4 is 5.91 Å². The van der Waals surface area contributed by atoms with Gasteiger partial charge in [-0.05, 0) is 6.92 Å². The molecule has 3 rings (SSSR count). The van der Waals surface area contributed by atoms with Crippen molar-refractivity contribution in [1.82, 2.24) is 4.90 Å². The van der Waals surface area contributed by atoms with E-state index in [4.69, 9.17) is 14.2 Å². The maximum Gasteiger partial charge on any atom is 0.263 e. The Morgan fingerprint density at radius 2 is 1.57 bits per heavy atom. The van der Waals surface area contributed by atoms with Gasteiger partial charge in [0, 0.05) is 23.8 Å². The zero-order valence-corrected chi connectivity index (χ0v) is 16.8. The van der Waals surface area contributed by atoms with Crippen molar-refractivity contribution in [2.24, 2.45) is 0 Å². The molecule has 1 heterocycles. The summed E-state index contributed by atoms with van der Waals surface area (Å²) in [5.41, 5.74) is 1.33. The van der Waals surface area contributed by atoms with Crippen LogP contribution in [-0.2, 0) is 11.3 Å². The fraction of sp³-hybridized carbons (Fsp3) is 0.409. The summed E-state index contributed by atoms with van der Waals surface area (Å²) in [6.07, 6.45) is -0.563. The molecule has 0 aliphatic carbocycles. The maximum absolute atomic E-state index is 12.8. The van der Waals surface area contributed by atoms with Crippen molar-refractivity contribution in [3.63, 3.8) is 0 Å². The van der Waals surface area contributed by atoms with Gasteiger partial charge in [-0.25, -0.2) is 0 Å². The summed E-state index contributed by atoms with van der Waals surface area (Å²) in [5, 5.41) is 0. The molecule has 0 aromatic heterocycles. The van der Waals surface area contributed by atoms with E-state index in [-0.39, 0.29) is 5.91 Å². The van der Waals surface area contributed by atoms with Gasteiger partial charge >= 0.3 is 0 Å². The van der Waals surface area contributed by atoms with E-state index < -0.39 is 6.10 Å². The van der Waals surface area contributed by atoms with Crippen molar-refractivity contribution in [3.05, 3.63) is 54.1 Å². The van der Waals surface area contributed by atoms with Crippen LogP contribution in [-0.4, -0.2) is 57.3 Å². The molecule has 1 saturated heterocycles. The van der Waals surface area contributed by atoms with E-state index in [0.717, 1.165) is 32.7 Å². The molecule has 1 aliphatic rings. The summed E-state index contributed by atoms with van der Waals surface area (Å²) in [6, 6.07) is 15.8. The highest BCUT2D eigenvalue weighted by atomic mass is 16.5. The van der Waals surface area contributed by atoms with Gasteiger partial charge in [0.2, 0.25) is 0 Å². The first-order valence-electron chi connectivity index (χ1n) is 9.65. The monoisotopic (exact) mass is 385 g/mol. The molecule has 28 heavy (non-hydrogen) atoms. The molecule has 0 spiro atoms. The van der Waals surface area contributed by atoms with Crippen LogP contribution in [0.3, 0.4) is 0 Å². The van der Waals surface area contributed by atoms with E-state index in [0.29, 0.717) is 17.2 Å². The highest BCUT2D eigenvalue weighted by Crippen LogP contribution is 2.28. The highest BCUT2D eigenvalue weighted by molar-refractivity contribution is 5.81. The van der Waals surface area contributed by atoms with Crippen LogP contribution in [0.2, 0.25) is 0 Å². The average molecular weight is 385 g/mol. The number of rotatable bonds is 7. The number of methoxy groups -OCH3 is 2. The summed E-state index contributed by atoms with van der Waals surface area (Å²) in [6.45, 7) is 6.17. The highest BCUT2D eigenvalue weighted by Gasteiger charge is 2.28. The molecule has 2 aromatic rings. The number of amides is 1. The molecule has 0 radical (unpaired) electrons. The van der Waals surface area contributed by atoms with E-state index in [1.54, 1.807) is 39.3 Å². The minimum Gasteiger partial charge on any atom is -0.496 e. The molecular formula is C22H29N2O4+. The Morgan fingerprint density at radius 1 is 1.00 bits per heavy atom. The van der Waals surface area contributed by atoms with E-state index in [1.807, 2.05) is 11.0 Å². The molecule has 150 valence electrons. The smallest absolute Gasteiger partial charge is 0.263 e. The van der Waals surface area contributed by atoms with Crippen molar-refractivity contribution < 1.29 is 23.9 Å². The molecule has 0 unspecified atom stereocenters. The molecular weight excluding hydrogens is 356 g/mol. The van der Waals surface area contributed by atoms with Gasteiger partial charge in [-0.3, -0.25) is 4.79 Å². The zero-order chi connectivity index (χ0) is 19.9. The average Bonchev–Trinajstić information content (AvgIpc) is 2.74. The van der Waals surface area contributed by atoms with Crippen molar-refractivity contribution in [2.45, 2.75) is 19.6 Å². The van der Waals surface area contributed by atoms with E-state index in [2.05, 4.69) is 24.3 Å². The second kappa shape index (κ2) is 9.46. The SMILES string of the molecule is COc1cc(OC)cc(O[C@H](C)C(=O)N2CC[NH+](Cc3ccccc3)CC2)c1. The number of carbonyl (C=O) groups is 1. The summed E-state index contributed by atoms with van der Waals surface area (Å²) in [7, 11) is 3.18. The Morgan fingerprint density at radius 3 is 2.14 bits per heavy atom. The van der Waals surface area contributed by atoms with Gasteiger partial charge in [-0.1, -0.05) is 30.3 Å². The molecule has 1 fully saturated rings. The minimum atomic E-state index is -0.563. The first-order valence-corrected chi connectivity index (χ1v) is 9.65. The quantitative estimate of drug-likeness (QED) is 0.783. The summed E-state index contributed by atoms with van der Waals surface area (Å²) in [5.74, 6) is 1.84. The van der Waals surface area contributed by atoms with Gasteiger partial charge in [-0.2, -0.15) is 0 Å². The van der Waals surface area contributed by atoms with Crippen LogP contribution in [0.5, 0.6) is 17.2 Å². The van der Waals surface area contributed by atoms with E-state index in [1.165, 1.54) is 10.5 Å². The molecule has 1 amide bonds. The minimum absolute atomic E-state index is 0.0144. The summed E-state index contributed by atoms with van der Waals surface area (Å²) >= 11 is 0. The fourth-order valence-electron chi connectivity index (χ4n) is 3.47. The second-order valence-electron chi connectivity index (χ2n) is 7.05. The lowest BCUT2D eigenvalue weighted by atomic mass is 10.2. The third-order valence-electron chi connectivity index (χ3n) is 5.06. The van der Waals surface area contributed by atoms with E-state index >= 15 is 0 Å². The van der Waals surface area contributed by atoms with Crippen LogP contribution in [0.25, 0.3) is 0 Å². The summed E-state index contributed by atoms with van der Waals surface area (Å²) < 4.78 is 16.4. The zero-order valence-electron chi connectivity index (χ0n) is 16.8. The first-order chi connectivity index (χ1) is 13.6. The third kappa shape index (κ3) is 5.16. The van der Waals surface area contributed by atoms with Gasteiger partial charge in [-0.15, -0.1) is 0 Å². The van der Waals surface area contributed by atoms with Crippen LogP contribution in [0, 0.1) is 0 Å². The Kier molecular flexibility index (Phi) is 6.76. The lowest BCUT2D eigenvalue weighted by Gasteiger charge is -2.33. The lowest BCUT2D eigenvalue weighted by molar-refractivity contribution is -0.917. The summed E-state index contributed by atoms with van der Waals surface area (Å²) in [4.78, 5) is 16.2. The molecule has 6 nitrogen and oxygen atoms in total. The number of benzene rings is 2. The number of quaternary nitrogens is 1. The predicted molar refractivity (Wildman–Crippen MR) is 107 cm³/mol. The van der Waals surface area contributed by atoms with Gasteiger partial charge in [0.05, 0.1) is 40.4 Å². The number of ether oxygens (including phenoxy) is 3. The number of piperazine rings is 1. The van der Waals surface area contributed by atoms with Crippen molar-refractivity contribution in [2.75, 3.05) is 40.4 Å². The largest absolute Gasteiger partial charge is 0.496 e. The molecule has 2 aromatic carbocycles. The lowest BCUT2D eigenvalue weighted by Crippen LogP contribution is -3.13. The van der Waals surface area contributed by atoms with Crippen LogP contribution in [0.15, 0.2) is 48.5 Å². The molecule has 6 heteroatoms. The molecule has 0 bridgehead atoms. The Labute approximate surface area is 166 Å². The Hall–Kier alpha value is -2.73. The van der Waals surface area contributed by atoms with Crippen molar-refractivity contribution in [3.8, 4) is 17.2 Å². The number of carbonyl (C=O) groups excluding carboxylic acids is 1. The second-order valence-corrected chi connectivity index (χ2v) is 7.05. The Balaban J connectivity index is 1.53. The fourth-order valence-corrected chi connectivity index (χ4v) is 3.47. The van der Waals surface area contributed by atoms with Gasteiger partial charge in [0.1, 0.15) is 23.8 Å².